The van der Waals surface area contributed by atoms with E-state index in [2.05, 4.69) is 25.6 Å². The molecule has 0 aliphatic heterocycles. The van der Waals surface area contributed by atoms with Crippen LogP contribution in [0.3, 0.4) is 0 Å². The highest BCUT2D eigenvalue weighted by molar-refractivity contribution is 9.10. The maximum absolute atomic E-state index is 12.3. The van der Waals surface area contributed by atoms with E-state index in [4.69, 9.17) is 5.26 Å². The first kappa shape index (κ1) is 15.5. The first-order valence-electron chi connectivity index (χ1n) is 6.04. The second-order valence-electron chi connectivity index (χ2n) is 4.35. The van der Waals surface area contributed by atoms with Gasteiger partial charge in [-0.25, -0.2) is 13.4 Å². The number of nitriles is 1. The van der Waals surface area contributed by atoms with E-state index < -0.39 is 10.0 Å². The summed E-state index contributed by atoms with van der Waals surface area (Å²) in [5.41, 5.74) is 1.78. The molecule has 0 fully saturated rings. The zero-order valence-corrected chi connectivity index (χ0v) is 13.6. The Labute approximate surface area is 131 Å². The molecule has 0 saturated carbocycles. The third-order valence-corrected chi connectivity index (χ3v) is 4.64. The molecule has 0 amide bonds. The fourth-order valence-corrected chi connectivity index (χ4v) is 3.24. The zero-order chi connectivity index (χ0) is 15.5. The second-order valence-corrected chi connectivity index (χ2v) is 6.85. The number of halogens is 1. The van der Waals surface area contributed by atoms with Gasteiger partial charge in [-0.3, -0.25) is 4.72 Å². The van der Waals surface area contributed by atoms with Gasteiger partial charge < -0.3 is 0 Å². The molecule has 0 aliphatic carbocycles. The molecule has 1 heterocycles. The number of hydrogen-bond acceptors (Lipinski definition) is 4. The number of nitrogens with zero attached hydrogens (tertiary/aromatic N) is 2. The van der Waals surface area contributed by atoms with E-state index in [1.807, 2.05) is 6.07 Å². The number of aryl methyl sites for hydroxylation is 1. The first-order valence-corrected chi connectivity index (χ1v) is 8.32. The van der Waals surface area contributed by atoms with E-state index in [0.29, 0.717) is 16.0 Å². The van der Waals surface area contributed by atoms with Crippen LogP contribution in [0.1, 0.15) is 11.3 Å². The Morgan fingerprint density at radius 1 is 1.24 bits per heavy atom. The average Bonchev–Trinajstić information content (AvgIpc) is 2.43. The number of sulfonamides is 1. The Morgan fingerprint density at radius 3 is 2.48 bits per heavy atom. The molecule has 0 bridgehead atoms. The highest BCUT2D eigenvalue weighted by Crippen LogP contribution is 2.20. The van der Waals surface area contributed by atoms with Crippen molar-refractivity contribution in [3.8, 4) is 6.07 Å². The summed E-state index contributed by atoms with van der Waals surface area (Å²) in [5.74, 6) is 0. The van der Waals surface area contributed by atoms with Crippen molar-refractivity contribution < 1.29 is 8.42 Å². The van der Waals surface area contributed by atoms with E-state index in [1.165, 1.54) is 12.1 Å². The largest absolute Gasteiger partial charge is 0.278 e. The molecule has 2 aromatic rings. The minimum absolute atomic E-state index is 0.145. The van der Waals surface area contributed by atoms with Gasteiger partial charge in [0.1, 0.15) is 4.60 Å². The molecule has 1 N–H and O–H groups in total. The summed E-state index contributed by atoms with van der Waals surface area (Å²) in [7, 11) is -3.67. The number of anilines is 1. The van der Waals surface area contributed by atoms with Crippen molar-refractivity contribution >= 4 is 31.6 Å². The topological polar surface area (TPSA) is 82.8 Å². The minimum Gasteiger partial charge on any atom is -0.278 e. The van der Waals surface area contributed by atoms with Crippen LogP contribution in [0.15, 0.2) is 45.9 Å². The third-order valence-electron chi connectivity index (χ3n) is 2.81. The lowest BCUT2D eigenvalue weighted by molar-refractivity contribution is 0.601. The Bertz CT molecular complexity index is 796. The highest BCUT2D eigenvalue weighted by atomic mass is 79.9. The van der Waals surface area contributed by atoms with Crippen LogP contribution in [0.4, 0.5) is 5.69 Å². The predicted octanol–water partition coefficient (Wildman–Crippen LogP) is 3.02. The fraction of sp³-hybridized carbons (Fsp3) is 0.143. The van der Waals surface area contributed by atoms with Gasteiger partial charge in [0.25, 0.3) is 10.0 Å². The maximum atomic E-state index is 12.3. The molecular formula is C14H12BrN3O2S. The molecule has 0 spiro atoms. The molecule has 1 aromatic heterocycles. The van der Waals surface area contributed by atoms with Crippen LogP contribution in [0.5, 0.6) is 0 Å². The van der Waals surface area contributed by atoms with Gasteiger partial charge in [-0.1, -0.05) is 12.1 Å². The zero-order valence-electron chi connectivity index (χ0n) is 11.2. The summed E-state index contributed by atoms with van der Waals surface area (Å²) >= 11 is 3.23. The molecular weight excluding hydrogens is 354 g/mol. The van der Waals surface area contributed by atoms with Gasteiger partial charge in [-0.15, -0.1) is 0 Å². The van der Waals surface area contributed by atoms with E-state index in [-0.39, 0.29) is 11.3 Å². The van der Waals surface area contributed by atoms with Crippen LogP contribution in [-0.4, -0.2) is 13.4 Å². The predicted molar refractivity (Wildman–Crippen MR) is 83.2 cm³/mol. The van der Waals surface area contributed by atoms with Crippen molar-refractivity contribution in [3.05, 3.63) is 52.3 Å². The number of benzene rings is 1. The Kier molecular flexibility index (Phi) is 4.60. The number of aromatic nitrogens is 1. The summed E-state index contributed by atoms with van der Waals surface area (Å²) in [6.45, 7) is 1.72. The SMILES string of the molecule is Cc1nc(Br)ccc1NS(=O)(=O)c1ccc(CC#N)cc1. The van der Waals surface area contributed by atoms with Gasteiger partial charge in [0, 0.05) is 0 Å². The lowest BCUT2D eigenvalue weighted by atomic mass is 10.2. The van der Waals surface area contributed by atoms with Crippen molar-refractivity contribution in [1.29, 1.82) is 5.26 Å². The first-order chi connectivity index (χ1) is 9.92. The highest BCUT2D eigenvalue weighted by Gasteiger charge is 2.15. The van der Waals surface area contributed by atoms with Crippen molar-refractivity contribution in [2.24, 2.45) is 0 Å². The molecule has 2 rings (SSSR count). The van der Waals surface area contributed by atoms with Gasteiger partial charge in [0.2, 0.25) is 0 Å². The number of hydrogen-bond donors (Lipinski definition) is 1. The Balaban J connectivity index is 2.27. The molecule has 5 nitrogen and oxygen atoms in total. The summed E-state index contributed by atoms with van der Waals surface area (Å²) in [6.07, 6.45) is 0.253. The summed E-state index contributed by atoms with van der Waals surface area (Å²) in [5, 5.41) is 8.61. The smallest absolute Gasteiger partial charge is 0.261 e. The standard InChI is InChI=1S/C14H12BrN3O2S/c1-10-13(6-7-14(15)17-10)18-21(19,20)12-4-2-11(3-5-12)8-9-16/h2-7,18H,8H2,1H3. The summed E-state index contributed by atoms with van der Waals surface area (Å²) < 4.78 is 27.7. The van der Waals surface area contributed by atoms with Crippen LogP contribution in [0.25, 0.3) is 0 Å². The van der Waals surface area contributed by atoms with Crippen LogP contribution >= 0.6 is 15.9 Å². The van der Waals surface area contributed by atoms with Crippen molar-refractivity contribution in [2.75, 3.05) is 4.72 Å². The van der Waals surface area contributed by atoms with Gasteiger partial charge >= 0.3 is 0 Å². The van der Waals surface area contributed by atoms with Crippen LogP contribution in [0.2, 0.25) is 0 Å². The van der Waals surface area contributed by atoms with E-state index >= 15 is 0 Å². The molecule has 0 unspecified atom stereocenters. The monoisotopic (exact) mass is 365 g/mol. The van der Waals surface area contributed by atoms with Crippen LogP contribution in [0, 0.1) is 18.3 Å². The normalized spacial score (nSPS) is 10.9. The quantitative estimate of drug-likeness (QED) is 0.844. The van der Waals surface area contributed by atoms with Gasteiger partial charge in [-0.05, 0) is 52.7 Å². The van der Waals surface area contributed by atoms with E-state index in [1.54, 1.807) is 31.2 Å². The lowest BCUT2D eigenvalue weighted by Gasteiger charge is -2.10. The van der Waals surface area contributed by atoms with Gasteiger partial charge in [0.05, 0.1) is 28.8 Å². The van der Waals surface area contributed by atoms with E-state index in [0.717, 1.165) is 5.56 Å². The minimum atomic E-state index is -3.67. The second kappa shape index (κ2) is 6.24. The lowest BCUT2D eigenvalue weighted by Crippen LogP contribution is -2.14. The molecule has 0 saturated heterocycles. The molecule has 0 radical (unpaired) electrons. The van der Waals surface area contributed by atoms with E-state index in [9.17, 15) is 8.42 Å². The molecule has 7 heteroatoms. The van der Waals surface area contributed by atoms with Crippen molar-refractivity contribution in [1.82, 2.24) is 4.98 Å². The molecule has 1 aromatic carbocycles. The Morgan fingerprint density at radius 2 is 1.90 bits per heavy atom. The maximum Gasteiger partial charge on any atom is 0.261 e. The molecule has 0 atom stereocenters. The van der Waals surface area contributed by atoms with Crippen LogP contribution < -0.4 is 4.72 Å². The van der Waals surface area contributed by atoms with Gasteiger partial charge in [-0.2, -0.15) is 5.26 Å². The fourth-order valence-electron chi connectivity index (χ4n) is 1.72. The molecule has 108 valence electrons. The summed E-state index contributed by atoms with van der Waals surface area (Å²) in [4.78, 5) is 4.29. The number of nitrogens with one attached hydrogen (secondary N) is 1. The Hall–Kier alpha value is -1.91. The molecule has 0 aliphatic rings. The van der Waals surface area contributed by atoms with Crippen molar-refractivity contribution in [3.63, 3.8) is 0 Å². The number of rotatable bonds is 4. The van der Waals surface area contributed by atoms with Crippen LogP contribution in [-0.2, 0) is 16.4 Å². The summed E-state index contributed by atoms with van der Waals surface area (Å²) in [6, 6.07) is 11.6. The average molecular weight is 366 g/mol. The molecule has 21 heavy (non-hydrogen) atoms. The van der Waals surface area contributed by atoms with Crippen molar-refractivity contribution in [2.45, 2.75) is 18.2 Å². The van der Waals surface area contributed by atoms with Gasteiger partial charge in [0.15, 0.2) is 0 Å². The number of pyridine rings is 1. The third kappa shape index (κ3) is 3.80.